The predicted octanol–water partition coefficient (Wildman–Crippen LogP) is 4.14. The highest BCUT2D eigenvalue weighted by molar-refractivity contribution is 6.30. The molecule has 30 heavy (non-hydrogen) atoms. The summed E-state index contributed by atoms with van der Waals surface area (Å²) in [6, 6.07) is 13.6. The molecule has 1 N–H and O–H groups in total. The third-order valence-corrected chi connectivity index (χ3v) is 7.03. The molecular weight excluding hydrogens is 400 g/mol. The lowest BCUT2D eigenvalue weighted by atomic mass is 9.63. The first-order valence-corrected chi connectivity index (χ1v) is 10.8. The van der Waals surface area contributed by atoms with E-state index in [9.17, 15) is 4.79 Å². The minimum absolute atomic E-state index is 0.0263. The highest BCUT2D eigenvalue weighted by Gasteiger charge is 2.50. The molecule has 2 aromatic carbocycles. The minimum Gasteiger partial charge on any atom is -0.493 e. The zero-order chi connectivity index (χ0) is 21.3. The normalized spacial score (nSPS) is 26.1. The van der Waals surface area contributed by atoms with Crippen molar-refractivity contribution in [2.75, 3.05) is 34.4 Å². The molecule has 3 unspecified atom stereocenters. The molecule has 4 rings (SSSR count). The van der Waals surface area contributed by atoms with Crippen molar-refractivity contribution in [3.05, 3.63) is 58.6 Å². The summed E-state index contributed by atoms with van der Waals surface area (Å²) in [6.45, 7) is 2.05. The lowest BCUT2D eigenvalue weighted by Gasteiger charge is -2.43. The standard InChI is InChI=1S/C24H29ClN2O3/c1-27-14-18-12-20(26-23(28)16-4-7-19(25)8-5-16)10-11-24(18,15-27)17-6-9-21(29-2)22(13-17)30-3/h4-9,13,18,20H,10-12,14-15H2,1-3H3,(H,26,28). The maximum Gasteiger partial charge on any atom is 0.251 e. The van der Waals surface area contributed by atoms with Crippen LogP contribution in [0.5, 0.6) is 11.5 Å². The van der Waals surface area contributed by atoms with Crippen LogP contribution in [0.25, 0.3) is 0 Å². The van der Waals surface area contributed by atoms with Crippen LogP contribution in [0.3, 0.4) is 0 Å². The van der Waals surface area contributed by atoms with Gasteiger partial charge in [0, 0.05) is 35.1 Å². The van der Waals surface area contributed by atoms with E-state index in [0.29, 0.717) is 16.5 Å². The first-order chi connectivity index (χ1) is 14.4. The summed E-state index contributed by atoms with van der Waals surface area (Å²) >= 11 is 5.94. The Balaban J connectivity index is 1.53. The second-order valence-electron chi connectivity index (χ2n) is 8.57. The smallest absolute Gasteiger partial charge is 0.251 e. The topological polar surface area (TPSA) is 50.8 Å². The lowest BCUT2D eigenvalue weighted by molar-refractivity contribution is 0.0904. The number of benzene rings is 2. The van der Waals surface area contributed by atoms with Gasteiger partial charge in [0.05, 0.1) is 14.2 Å². The van der Waals surface area contributed by atoms with Gasteiger partial charge in [0.25, 0.3) is 5.91 Å². The number of carbonyl (C=O) groups is 1. The van der Waals surface area contributed by atoms with Crippen LogP contribution in [-0.4, -0.2) is 51.2 Å². The summed E-state index contributed by atoms with van der Waals surface area (Å²) in [5, 5.41) is 3.88. The van der Waals surface area contributed by atoms with Crippen molar-refractivity contribution >= 4 is 17.5 Å². The Labute approximate surface area is 183 Å². The van der Waals surface area contributed by atoms with Gasteiger partial charge in [-0.3, -0.25) is 4.79 Å². The number of ether oxygens (including phenoxy) is 2. The van der Waals surface area contributed by atoms with Gasteiger partial charge in [-0.05, 0) is 74.2 Å². The molecule has 2 aliphatic rings. The maximum absolute atomic E-state index is 12.7. The average Bonchev–Trinajstić information content (AvgIpc) is 3.09. The van der Waals surface area contributed by atoms with E-state index >= 15 is 0 Å². The second-order valence-corrected chi connectivity index (χ2v) is 9.01. The van der Waals surface area contributed by atoms with Gasteiger partial charge in [-0.1, -0.05) is 17.7 Å². The number of likely N-dealkylation sites (tertiary alicyclic amines) is 1. The molecule has 6 heteroatoms. The molecule has 3 atom stereocenters. The average molecular weight is 429 g/mol. The van der Waals surface area contributed by atoms with Gasteiger partial charge >= 0.3 is 0 Å². The van der Waals surface area contributed by atoms with Crippen molar-refractivity contribution in [1.29, 1.82) is 0 Å². The van der Waals surface area contributed by atoms with Gasteiger partial charge in [-0.25, -0.2) is 0 Å². The fourth-order valence-corrected chi connectivity index (χ4v) is 5.45. The zero-order valence-corrected chi connectivity index (χ0v) is 18.5. The molecule has 2 aromatic rings. The van der Waals surface area contributed by atoms with Gasteiger partial charge in [0.15, 0.2) is 11.5 Å². The molecular formula is C24H29ClN2O3. The van der Waals surface area contributed by atoms with Crippen LogP contribution in [-0.2, 0) is 5.41 Å². The molecule has 2 fully saturated rings. The highest BCUT2D eigenvalue weighted by Crippen LogP contribution is 2.49. The molecule has 160 valence electrons. The van der Waals surface area contributed by atoms with E-state index in [4.69, 9.17) is 21.1 Å². The molecule has 0 spiro atoms. The summed E-state index contributed by atoms with van der Waals surface area (Å²) in [5.41, 5.74) is 2.03. The van der Waals surface area contributed by atoms with E-state index in [0.717, 1.165) is 43.9 Å². The van der Waals surface area contributed by atoms with E-state index in [1.807, 2.05) is 6.07 Å². The molecule has 1 amide bonds. The van der Waals surface area contributed by atoms with Gasteiger partial charge in [0.1, 0.15) is 0 Å². The van der Waals surface area contributed by atoms with Crippen molar-refractivity contribution in [3.63, 3.8) is 0 Å². The van der Waals surface area contributed by atoms with Gasteiger partial charge in [0.2, 0.25) is 0 Å². The van der Waals surface area contributed by atoms with E-state index in [1.54, 1.807) is 38.5 Å². The van der Waals surface area contributed by atoms with Crippen molar-refractivity contribution in [2.45, 2.75) is 30.7 Å². The maximum atomic E-state index is 12.7. The summed E-state index contributed by atoms with van der Waals surface area (Å²) in [7, 11) is 5.53. The molecule has 1 aliphatic carbocycles. The Kier molecular flexibility index (Phi) is 5.94. The van der Waals surface area contributed by atoms with Crippen LogP contribution in [0.15, 0.2) is 42.5 Å². The number of nitrogens with zero attached hydrogens (tertiary/aromatic N) is 1. The molecule has 1 saturated carbocycles. The predicted molar refractivity (Wildman–Crippen MR) is 119 cm³/mol. The molecule has 0 bridgehead atoms. The van der Waals surface area contributed by atoms with E-state index in [2.05, 4.69) is 29.4 Å². The number of amides is 1. The third-order valence-electron chi connectivity index (χ3n) is 6.77. The first-order valence-electron chi connectivity index (χ1n) is 10.4. The number of fused-ring (bicyclic) bond motifs is 1. The second kappa shape index (κ2) is 8.48. The SMILES string of the molecule is COc1ccc(C23CCC(NC(=O)c4ccc(Cl)cc4)CC2CN(C)C3)cc1OC. The Morgan fingerprint density at radius 3 is 2.57 bits per heavy atom. The van der Waals surface area contributed by atoms with Crippen LogP contribution < -0.4 is 14.8 Å². The van der Waals surface area contributed by atoms with Gasteiger partial charge in [-0.2, -0.15) is 0 Å². The lowest BCUT2D eigenvalue weighted by Crippen LogP contribution is -2.47. The number of methoxy groups -OCH3 is 2. The number of likely N-dealkylation sites (N-methyl/N-ethyl adjacent to an activating group) is 1. The fraction of sp³-hybridized carbons (Fsp3) is 0.458. The molecule has 5 nitrogen and oxygen atoms in total. The van der Waals surface area contributed by atoms with E-state index in [-0.39, 0.29) is 17.4 Å². The summed E-state index contributed by atoms with van der Waals surface area (Å²) in [5.74, 6) is 1.98. The van der Waals surface area contributed by atoms with Crippen LogP contribution >= 0.6 is 11.6 Å². The van der Waals surface area contributed by atoms with Crippen LogP contribution in [0.1, 0.15) is 35.2 Å². The first kappa shape index (κ1) is 21.0. The summed E-state index contributed by atoms with van der Waals surface area (Å²) in [4.78, 5) is 15.1. The Hall–Kier alpha value is -2.24. The molecule has 1 aliphatic heterocycles. The highest BCUT2D eigenvalue weighted by atomic mass is 35.5. The number of carbonyl (C=O) groups excluding carboxylic acids is 1. The monoisotopic (exact) mass is 428 g/mol. The number of rotatable bonds is 5. The Morgan fingerprint density at radius 2 is 1.87 bits per heavy atom. The largest absolute Gasteiger partial charge is 0.493 e. The summed E-state index contributed by atoms with van der Waals surface area (Å²) in [6.07, 6.45) is 2.96. The third kappa shape index (κ3) is 3.88. The fourth-order valence-electron chi connectivity index (χ4n) is 5.32. The van der Waals surface area contributed by atoms with Crippen LogP contribution in [0.2, 0.25) is 5.02 Å². The molecule has 1 heterocycles. The van der Waals surface area contributed by atoms with Crippen molar-refractivity contribution in [3.8, 4) is 11.5 Å². The van der Waals surface area contributed by atoms with Gasteiger partial charge in [-0.15, -0.1) is 0 Å². The number of halogens is 1. The number of nitrogens with one attached hydrogen (secondary N) is 1. The minimum atomic E-state index is -0.0263. The van der Waals surface area contributed by atoms with E-state index < -0.39 is 0 Å². The zero-order valence-electron chi connectivity index (χ0n) is 17.8. The van der Waals surface area contributed by atoms with Crippen LogP contribution in [0, 0.1) is 5.92 Å². The Bertz CT molecular complexity index is 917. The number of hydrogen-bond donors (Lipinski definition) is 1. The Morgan fingerprint density at radius 1 is 1.13 bits per heavy atom. The van der Waals surface area contributed by atoms with Gasteiger partial charge < -0.3 is 19.7 Å². The van der Waals surface area contributed by atoms with Crippen molar-refractivity contribution < 1.29 is 14.3 Å². The molecule has 0 radical (unpaired) electrons. The van der Waals surface area contributed by atoms with Crippen molar-refractivity contribution in [2.24, 2.45) is 5.92 Å². The van der Waals surface area contributed by atoms with Crippen molar-refractivity contribution in [1.82, 2.24) is 10.2 Å². The number of hydrogen-bond acceptors (Lipinski definition) is 4. The quantitative estimate of drug-likeness (QED) is 0.777. The van der Waals surface area contributed by atoms with E-state index in [1.165, 1.54) is 5.56 Å². The molecule has 1 saturated heterocycles. The summed E-state index contributed by atoms with van der Waals surface area (Å²) < 4.78 is 11.0. The van der Waals surface area contributed by atoms with Crippen LogP contribution in [0.4, 0.5) is 0 Å². The molecule has 0 aromatic heterocycles.